The molecule has 1 aromatic carbocycles. The Kier molecular flexibility index (Phi) is 8.15. The molecule has 4 heteroatoms. The van der Waals surface area contributed by atoms with E-state index in [1.54, 1.807) is 13.2 Å². The Hall–Kier alpha value is -1.81. The summed E-state index contributed by atoms with van der Waals surface area (Å²) in [5.74, 6) is 0.741. The molecule has 1 rings (SSSR count). The van der Waals surface area contributed by atoms with Crippen molar-refractivity contribution >= 4 is 12.0 Å². The first kappa shape index (κ1) is 16.2. The molecule has 0 aliphatic carbocycles. The van der Waals surface area contributed by atoms with Gasteiger partial charge in [0.05, 0.1) is 13.2 Å². The second kappa shape index (κ2) is 10.0. The molecule has 0 spiro atoms. The van der Waals surface area contributed by atoms with Crippen molar-refractivity contribution in [3.8, 4) is 5.75 Å². The summed E-state index contributed by atoms with van der Waals surface area (Å²) < 4.78 is 10.4. The molecule has 4 nitrogen and oxygen atoms in total. The lowest BCUT2D eigenvalue weighted by Crippen LogP contribution is -2.24. The van der Waals surface area contributed by atoms with Crippen LogP contribution in [0.25, 0.3) is 6.08 Å². The third-order valence-electron chi connectivity index (χ3n) is 2.68. The Bertz CT molecular complexity index is 412. The number of carbonyl (C=O) groups is 1. The highest BCUT2D eigenvalue weighted by atomic mass is 16.5. The standard InChI is InChI=1S/C16H23NO3/c1-3-4-12-20-15-8-5-14(6-9-15)7-10-16(18)17-11-13-19-2/h5-10H,3-4,11-13H2,1-2H3,(H,17,18). The van der Waals surface area contributed by atoms with Gasteiger partial charge in [0.15, 0.2) is 0 Å². The van der Waals surface area contributed by atoms with E-state index in [1.807, 2.05) is 24.3 Å². The number of unbranched alkanes of at least 4 members (excludes halogenated alkanes) is 1. The van der Waals surface area contributed by atoms with Crippen LogP contribution in [0.2, 0.25) is 0 Å². The van der Waals surface area contributed by atoms with E-state index in [0.717, 1.165) is 30.8 Å². The molecular weight excluding hydrogens is 254 g/mol. The molecule has 0 aliphatic heterocycles. The van der Waals surface area contributed by atoms with E-state index in [1.165, 1.54) is 6.08 Å². The summed E-state index contributed by atoms with van der Waals surface area (Å²) in [6, 6.07) is 7.69. The van der Waals surface area contributed by atoms with Crippen molar-refractivity contribution in [3.05, 3.63) is 35.9 Å². The van der Waals surface area contributed by atoms with E-state index in [4.69, 9.17) is 9.47 Å². The first-order valence-corrected chi connectivity index (χ1v) is 6.94. The number of rotatable bonds is 9. The highest BCUT2D eigenvalue weighted by molar-refractivity contribution is 5.91. The highest BCUT2D eigenvalue weighted by Crippen LogP contribution is 2.13. The van der Waals surface area contributed by atoms with Crippen molar-refractivity contribution < 1.29 is 14.3 Å². The van der Waals surface area contributed by atoms with Gasteiger partial charge in [0, 0.05) is 19.7 Å². The number of methoxy groups -OCH3 is 1. The summed E-state index contributed by atoms with van der Waals surface area (Å²) in [6.45, 7) is 3.91. The lowest BCUT2D eigenvalue weighted by Gasteiger charge is -2.05. The van der Waals surface area contributed by atoms with Gasteiger partial charge in [-0.05, 0) is 30.2 Å². The first-order valence-electron chi connectivity index (χ1n) is 6.94. The number of amides is 1. The van der Waals surface area contributed by atoms with E-state index >= 15 is 0 Å². The van der Waals surface area contributed by atoms with Crippen LogP contribution in [0.5, 0.6) is 5.75 Å². The van der Waals surface area contributed by atoms with E-state index in [9.17, 15) is 4.79 Å². The van der Waals surface area contributed by atoms with Crippen molar-refractivity contribution in [2.45, 2.75) is 19.8 Å². The van der Waals surface area contributed by atoms with Crippen LogP contribution in [-0.2, 0) is 9.53 Å². The number of hydrogen-bond donors (Lipinski definition) is 1. The topological polar surface area (TPSA) is 47.6 Å². The number of carbonyl (C=O) groups excluding carboxylic acids is 1. The lowest BCUT2D eigenvalue weighted by atomic mass is 10.2. The molecule has 0 heterocycles. The summed E-state index contributed by atoms with van der Waals surface area (Å²) in [5, 5.41) is 2.72. The van der Waals surface area contributed by atoms with Crippen LogP contribution in [-0.4, -0.2) is 32.8 Å². The number of hydrogen-bond acceptors (Lipinski definition) is 3. The second-order valence-corrected chi connectivity index (χ2v) is 4.39. The van der Waals surface area contributed by atoms with Crippen LogP contribution in [0.4, 0.5) is 0 Å². The molecule has 0 bridgehead atoms. The van der Waals surface area contributed by atoms with Gasteiger partial charge in [-0.2, -0.15) is 0 Å². The predicted molar refractivity (Wildman–Crippen MR) is 80.8 cm³/mol. The molecule has 0 radical (unpaired) electrons. The van der Waals surface area contributed by atoms with Crippen molar-refractivity contribution in [1.29, 1.82) is 0 Å². The van der Waals surface area contributed by atoms with Crippen LogP contribution in [0.15, 0.2) is 30.3 Å². The maximum atomic E-state index is 11.5. The maximum absolute atomic E-state index is 11.5. The molecule has 0 aliphatic rings. The summed E-state index contributed by atoms with van der Waals surface area (Å²) in [4.78, 5) is 11.5. The van der Waals surface area contributed by atoms with Gasteiger partial charge in [-0.15, -0.1) is 0 Å². The Morgan fingerprint density at radius 1 is 1.25 bits per heavy atom. The Balaban J connectivity index is 2.38. The van der Waals surface area contributed by atoms with Crippen LogP contribution in [0.3, 0.4) is 0 Å². The van der Waals surface area contributed by atoms with Gasteiger partial charge in [0.2, 0.25) is 5.91 Å². The normalized spacial score (nSPS) is 10.7. The smallest absolute Gasteiger partial charge is 0.244 e. The first-order chi connectivity index (χ1) is 9.76. The minimum Gasteiger partial charge on any atom is -0.494 e. The van der Waals surface area contributed by atoms with E-state index in [2.05, 4.69) is 12.2 Å². The molecular formula is C16H23NO3. The van der Waals surface area contributed by atoms with Gasteiger partial charge < -0.3 is 14.8 Å². The predicted octanol–water partition coefficient (Wildman–Crippen LogP) is 2.64. The van der Waals surface area contributed by atoms with Gasteiger partial charge in [0.25, 0.3) is 0 Å². The van der Waals surface area contributed by atoms with E-state index < -0.39 is 0 Å². The van der Waals surface area contributed by atoms with Crippen LogP contribution < -0.4 is 10.1 Å². The summed E-state index contributed by atoms with van der Waals surface area (Å²) in [6.07, 6.45) is 5.48. The third-order valence-corrected chi connectivity index (χ3v) is 2.68. The van der Waals surface area contributed by atoms with Crippen LogP contribution in [0, 0.1) is 0 Å². The molecule has 20 heavy (non-hydrogen) atoms. The molecule has 1 N–H and O–H groups in total. The fourth-order valence-corrected chi connectivity index (χ4v) is 1.52. The average Bonchev–Trinajstić information content (AvgIpc) is 2.47. The number of ether oxygens (including phenoxy) is 2. The van der Waals surface area contributed by atoms with Gasteiger partial charge in [-0.1, -0.05) is 25.5 Å². The zero-order valence-corrected chi connectivity index (χ0v) is 12.2. The lowest BCUT2D eigenvalue weighted by molar-refractivity contribution is -0.116. The largest absolute Gasteiger partial charge is 0.494 e. The van der Waals surface area contributed by atoms with Crippen LogP contribution >= 0.6 is 0 Å². The van der Waals surface area contributed by atoms with Gasteiger partial charge in [-0.25, -0.2) is 0 Å². The fraction of sp³-hybridized carbons (Fsp3) is 0.438. The van der Waals surface area contributed by atoms with Crippen molar-refractivity contribution in [3.63, 3.8) is 0 Å². The summed E-state index contributed by atoms with van der Waals surface area (Å²) >= 11 is 0. The van der Waals surface area contributed by atoms with Crippen LogP contribution in [0.1, 0.15) is 25.3 Å². The van der Waals surface area contributed by atoms with Gasteiger partial charge >= 0.3 is 0 Å². The molecule has 0 unspecified atom stereocenters. The fourth-order valence-electron chi connectivity index (χ4n) is 1.52. The third kappa shape index (κ3) is 6.95. The summed E-state index contributed by atoms with van der Waals surface area (Å²) in [5.41, 5.74) is 0.967. The second-order valence-electron chi connectivity index (χ2n) is 4.39. The molecule has 0 fully saturated rings. The molecule has 0 saturated heterocycles. The average molecular weight is 277 g/mol. The molecule has 0 aromatic heterocycles. The molecule has 1 amide bonds. The molecule has 0 saturated carbocycles. The molecule has 1 aromatic rings. The van der Waals surface area contributed by atoms with E-state index in [0.29, 0.717) is 13.2 Å². The van der Waals surface area contributed by atoms with Gasteiger partial charge in [0.1, 0.15) is 5.75 Å². The Morgan fingerprint density at radius 2 is 2.00 bits per heavy atom. The Labute approximate surface area is 120 Å². The minimum atomic E-state index is -0.120. The van der Waals surface area contributed by atoms with Crippen molar-refractivity contribution in [1.82, 2.24) is 5.32 Å². The van der Waals surface area contributed by atoms with Gasteiger partial charge in [-0.3, -0.25) is 4.79 Å². The zero-order chi connectivity index (χ0) is 14.6. The maximum Gasteiger partial charge on any atom is 0.244 e. The Morgan fingerprint density at radius 3 is 2.65 bits per heavy atom. The van der Waals surface area contributed by atoms with Crippen molar-refractivity contribution in [2.24, 2.45) is 0 Å². The minimum absolute atomic E-state index is 0.120. The molecule has 0 atom stereocenters. The quantitative estimate of drug-likeness (QED) is 0.557. The van der Waals surface area contributed by atoms with Crippen molar-refractivity contribution in [2.75, 3.05) is 26.9 Å². The monoisotopic (exact) mass is 277 g/mol. The SMILES string of the molecule is CCCCOc1ccc(C=CC(=O)NCCOC)cc1. The molecule has 110 valence electrons. The highest BCUT2D eigenvalue weighted by Gasteiger charge is 1.96. The summed E-state index contributed by atoms with van der Waals surface area (Å²) in [7, 11) is 1.60. The number of benzene rings is 1. The van der Waals surface area contributed by atoms with E-state index in [-0.39, 0.29) is 5.91 Å². The zero-order valence-electron chi connectivity index (χ0n) is 12.2. The number of nitrogens with one attached hydrogen (secondary N) is 1.